The van der Waals surface area contributed by atoms with E-state index in [0.29, 0.717) is 11.4 Å². The van der Waals surface area contributed by atoms with E-state index in [-0.39, 0.29) is 17.4 Å². The number of amides is 1. The summed E-state index contributed by atoms with van der Waals surface area (Å²) in [6.45, 7) is 0. The maximum Gasteiger partial charge on any atom is 0.315 e. The van der Waals surface area contributed by atoms with Gasteiger partial charge >= 0.3 is 5.97 Å². The van der Waals surface area contributed by atoms with Crippen molar-refractivity contribution < 1.29 is 14.3 Å². The molecule has 0 bridgehead atoms. The van der Waals surface area contributed by atoms with Crippen LogP contribution in [-0.4, -0.2) is 40.7 Å². The van der Waals surface area contributed by atoms with E-state index in [9.17, 15) is 9.59 Å². The first kappa shape index (κ1) is 19.4. The van der Waals surface area contributed by atoms with Crippen molar-refractivity contribution in [2.75, 3.05) is 18.2 Å². The summed E-state index contributed by atoms with van der Waals surface area (Å²) in [5.74, 6) is -0.274. The van der Waals surface area contributed by atoms with Crippen LogP contribution < -0.4 is 5.32 Å². The van der Waals surface area contributed by atoms with Crippen LogP contribution in [0.25, 0.3) is 0 Å². The highest BCUT2D eigenvalue weighted by Crippen LogP contribution is 2.39. The Morgan fingerprint density at radius 1 is 1.19 bits per heavy atom. The number of anilines is 1. The van der Waals surface area contributed by atoms with Crippen molar-refractivity contribution in [2.24, 2.45) is 0 Å². The number of thioether (sulfide) groups is 2. The van der Waals surface area contributed by atoms with Crippen LogP contribution >= 0.6 is 23.5 Å². The molecule has 1 heterocycles. The number of ether oxygens (including phenoxy) is 1. The fourth-order valence-electron chi connectivity index (χ4n) is 2.13. The van der Waals surface area contributed by atoms with Gasteiger partial charge in [-0.15, -0.1) is 23.5 Å². The molecule has 1 fully saturated rings. The number of benzene rings is 1. The molecular weight excluding hydrogens is 382 g/mol. The molecule has 0 radical (unpaired) electrons. The summed E-state index contributed by atoms with van der Waals surface area (Å²) in [5.41, 5.74) is 0.460. The molecule has 0 spiro atoms. The molecule has 1 saturated carbocycles. The van der Waals surface area contributed by atoms with Crippen molar-refractivity contribution in [2.45, 2.75) is 27.9 Å². The summed E-state index contributed by atoms with van der Waals surface area (Å²) in [6, 6.07) is 10.9. The summed E-state index contributed by atoms with van der Waals surface area (Å²) in [5, 5.41) is 11.4. The van der Waals surface area contributed by atoms with Gasteiger partial charge in [-0.3, -0.25) is 15.0 Å². The Hall–Kier alpha value is -2.32. The second-order valence-electron chi connectivity index (χ2n) is 5.91. The Labute approximate surface area is 166 Å². The van der Waals surface area contributed by atoms with Gasteiger partial charge in [0.15, 0.2) is 0 Å². The molecular formula is C19H19N3O3S2. The molecule has 27 heavy (non-hydrogen) atoms. The minimum Gasteiger partial charge on any atom is -0.468 e. The maximum atomic E-state index is 12.3. The lowest BCUT2D eigenvalue weighted by molar-refractivity contribution is -0.137. The first-order valence-electron chi connectivity index (χ1n) is 8.38. The van der Waals surface area contributed by atoms with E-state index in [1.165, 1.54) is 31.7 Å². The van der Waals surface area contributed by atoms with E-state index >= 15 is 0 Å². The van der Waals surface area contributed by atoms with Crippen molar-refractivity contribution in [3.8, 4) is 0 Å². The molecule has 1 aromatic heterocycles. The van der Waals surface area contributed by atoms with E-state index in [4.69, 9.17) is 5.41 Å². The molecule has 2 N–H and O–H groups in total. The molecule has 3 rings (SSSR count). The van der Waals surface area contributed by atoms with Gasteiger partial charge in [-0.25, -0.2) is 4.98 Å². The summed E-state index contributed by atoms with van der Waals surface area (Å²) >= 11 is 3.14. The minimum absolute atomic E-state index is 0.107. The molecule has 0 aliphatic heterocycles. The van der Waals surface area contributed by atoms with E-state index in [2.05, 4.69) is 15.0 Å². The first-order valence-corrected chi connectivity index (χ1v) is 10.2. The molecule has 140 valence electrons. The topological polar surface area (TPSA) is 92.1 Å². The Morgan fingerprint density at radius 3 is 2.48 bits per heavy atom. The van der Waals surface area contributed by atoms with Crippen molar-refractivity contribution >= 4 is 46.9 Å². The number of aromatic nitrogens is 1. The largest absolute Gasteiger partial charge is 0.468 e. The molecule has 2 aromatic rings. The zero-order chi connectivity index (χ0) is 19.2. The molecule has 0 atom stereocenters. The van der Waals surface area contributed by atoms with E-state index < -0.39 is 5.91 Å². The number of esters is 1. The Morgan fingerprint density at radius 2 is 1.89 bits per heavy atom. The van der Waals surface area contributed by atoms with Crippen molar-refractivity contribution in [3.05, 3.63) is 48.2 Å². The van der Waals surface area contributed by atoms with Gasteiger partial charge < -0.3 is 10.1 Å². The van der Waals surface area contributed by atoms with Crippen LogP contribution in [-0.2, 0) is 14.3 Å². The summed E-state index contributed by atoms with van der Waals surface area (Å²) in [4.78, 5) is 29.5. The van der Waals surface area contributed by atoms with Gasteiger partial charge in [-0.2, -0.15) is 0 Å². The third-order valence-corrected chi connectivity index (χ3v) is 6.06. The quantitative estimate of drug-likeness (QED) is 0.399. The second-order valence-corrected chi connectivity index (χ2v) is 8.34. The van der Waals surface area contributed by atoms with Crippen LogP contribution in [0.3, 0.4) is 0 Å². The predicted molar refractivity (Wildman–Crippen MR) is 108 cm³/mol. The Balaban J connectivity index is 1.54. The van der Waals surface area contributed by atoms with E-state index in [0.717, 1.165) is 15.0 Å². The lowest BCUT2D eigenvalue weighted by Crippen LogP contribution is -2.23. The maximum absolute atomic E-state index is 12.3. The second kappa shape index (κ2) is 9.05. The van der Waals surface area contributed by atoms with Crippen LogP contribution in [0.4, 0.5) is 5.82 Å². The third-order valence-electron chi connectivity index (χ3n) is 3.76. The average molecular weight is 402 g/mol. The highest BCUT2D eigenvalue weighted by molar-refractivity contribution is 8.00. The van der Waals surface area contributed by atoms with Crippen molar-refractivity contribution in [1.29, 1.82) is 5.41 Å². The number of hydrogen-bond donors (Lipinski definition) is 2. The van der Waals surface area contributed by atoms with Gasteiger partial charge in [0.05, 0.1) is 12.9 Å². The Bertz CT molecular complexity index is 834. The van der Waals surface area contributed by atoms with Crippen LogP contribution in [0.1, 0.15) is 18.4 Å². The SMILES string of the molecule is COC(=O)CSc1ccc(NC(=O)C(=N)c2ccc(SC3CC3)cc2)nc1. The zero-order valence-electron chi connectivity index (χ0n) is 14.7. The smallest absolute Gasteiger partial charge is 0.315 e. The highest BCUT2D eigenvalue weighted by Gasteiger charge is 2.22. The number of carbonyl (C=O) groups is 2. The van der Waals surface area contributed by atoms with Crippen LogP contribution in [0.2, 0.25) is 0 Å². The summed E-state index contributed by atoms with van der Waals surface area (Å²) in [6.07, 6.45) is 4.09. The zero-order valence-corrected chi connectivity index (χ0v) is 16.4. The Kier molecular flexibility index (Phi) is 6.52. The van der Waals surface area contributed by atoms with Gasteiger partial charge in [0.1, 0.15) is 11.5 Å². The fourth-order valence-corrected chi connectivity index (χ4v) is 3.87. The standard InChI is InChI=1S/C19H19N3O3S2/c1-25-17(23)11-26-15-8-9-16(21-10-15)22-19(24)18(20)12-2-4-13(5-3-12)27-14-6-7-14/h2-5,8-10,14,20H,6-7,11H2,1H3,(H,21,22,24). The molecule has 0 saturated heterocycles. The lowest BCUT2D eigenvalue weighted by atomic mass is 10.1. The van der Waals surface area contributed by atoms with Crippen LogP contribution in [0.15, 0.2) is 52.4 Å². The number of hydrogen-bond acceptors (Lipinski definition) is 7. The number of pyridine rings is 1. The third kappa shape index (κ3) is 5.83. The molecule has 1 amide bonds. The van der Waals surface area contributed by atoms with Gasteiger partial charge in [0.25, 0.3) is 5.91 Å². The number of nitrogens with zero attached hydrogens (tertiary/aromatic N) is 1. The van der Waals surface area contributed by atoms with Gasteiger partial charge in [-0.05, 0) is 37.1 Å². The molecule has 1 aliphatic rings. The van der Waals surface area contributed by atoms with Crippen molar-refractivity contribution in [1.82, 2.24) is 4.98 Å². The van der Waals surface area contributed by atoms with Crippen LogP contribution in [0.5, 0.6) is 0 Å². The van der Waals surface area contributed by atoms with E-state index in [1.54, 1.807) is 30.5 Å². The average Bonchev–Trinajstić information content (AvgIpc) is 3.51. The van der Waals surface area contributed by atoms with Crippen LogP contribution in [0, 0.1) is 5.41 Å². The predicted octanol–water partition coefficient (Wildman–Crippen LogP) is 3.61. The molecule has 8 heteroatoms. The molecule has 1 aliphatic carbocycles. The van der Waals surface area contributed by atoms with Gasteiger partial charge in [-0.1, -0.05) is 12.1 Å². The number of rotatable bonds is 8. The van der Waals surface area contributed by atoms with E-state index in [1.807, 2.05) is 23.9 Å². The minimum atomic E-state index is -0.514. The van der Waals surface area contributed by atoms with Gasteiger partial charge in [0.2, 0.25) is 0 Å². The molecule has 1 aromatic carbocycles. The number of nitrogens with one attached hydrogen (secondary N) is 2. The number of methoxy groups -OCH3 is 1. The van der Waals surface area contributed by atoms with Crippen molar-refractivity contribution in [3.63, 3.8) is 0 Å². The summed E-state index contributed by atoms with van der Waals surface area (Å²) in [7, 11) is 1.34. The molecule has 6 nitrogen and oxygen atoms in total. The normalized spacial score (nSPS) is 13.1. The monoisotopic (exact) mass is 401 g/mol. The first-order chi connectivity index (χ1) is 13.0. The van der Waals surface area contributed by atoms with Gasteiger partial charge in [0, 0.05) is 26.8 Å². The highest BCUT2D eigenvalue weighted by atomic mass is 32.2. The summed E-state index contributed by atoms with van der Waals surface area (Å²) < 4.78 is 4.58. The number of carbonyl (C=O) groups excluding carboxylic acids is 2. The molecule has 0 unspecified atom stereocenters. The fraction of sp³-hybridized carbons (Fsp3) is 0.263. The lowest BCUT2D eigenvalue weighted by Gasteiger charge is -2.07.